The molecule has 0 saturated heterocycles. The maximum atomic E-state index is 11.1. The van der Waals surface area contributed by atoms with E-state index in [1.807, 2.05) is 0 Å². The third-order valence-electron chi connectivity index (χ3n) is 4.16. The lowest BCUT2D eigenvalue weighted by molar-refractivity contribution is -0.384. The van der Waals surface area contributed by atoms with Crippen molar-refractivity contribution < 1.29 is 9.72 Å². The van der Waals surface area contributed by atoms with E-state index in [0.717, 1.165) is 12.8 Å². The van der Waals surface area contributed by atoms with Crippen molar-refractivity contribution in [2.24, 2.45) is 11.8 Å². The number of benzene rings is 1. The van der Waals surface area contributed by atoms with Crippen LogP contribution in [-0.2, 0) is 0 Å². The summed E-state index contributed by atoms with van der Waals surface area (Å²) in [7, 11) is 0. The van der Waals surface area contributed by atoms with Gasteiger partial charge >= 0.3 is 0 Å². The molecule has 1 N–H and O–H groups in total. The molecule has 0 radical (unpaired) electrons. The quantitative estimate of drug-likeness (QED) is 0.513. The smallest absolute Gasteiger partial charge is 0.293 e. The molecule has 0 aliphatic heterocycles. The Balaban J connectivity index is 2.25. The Hall–Kier alpha value is -1.91. The van der Waals surface area contributed by atoms with Crippen LogP contribution in [0.3, 0.4) is 0 Å². The fourth-order valence-electron chi connectivity index (χ4n) is 2.66. The number of carbonyl (C=O) groups is 1. The molecular formula is C14H18N2O3. The Morgan fingerprint density at radius 3 is 2.63 bits per heavy atom. The zero-order valence-corrected chi connectivity index (χ0v) is 11.1. The van der Waals surface area contributed by atoms with Crippen molar-refractivity contribution in [1.82, 2.24) is 0 Å². The lowest BCUT2D eigenvalue weighted by Crippen LogP contribution is -2.24. The summed E-state index contributed by atoms with van der Waals surface area (Å²) in [6.45, 7) is 4.37. The molecule has 1 saturated carbocycles. The van der Waals surface area contributed by atoms with Crippen molar-refractivity contribution in [3.8, 4) is 0 Å². The summed E-state index contributed by atoms with van der Waals surface area (Å²) in [4.78, 5) is 21.3. The highest BCUT2D eigenvalue weighted by atomic mass is 16.6. The molecular weight excluding hydrogens is 244 g/mol. The fraction of sp³-hybridized carbons (Fsp3) is 0.500. The molecule has 1 aliphatic rings. The van der Waals surface area contributed by atoms with Gasteiger partial charge in [0.1, 0.15) is 12.0 Å². The standard InChI is InChI=1S/C14H18N2O3/c1-9-3-5-12(10(9)2)15-13-6-4-11(8-17)7-14(13)16(18)19/h4,6-10,12,15H,3,5H2,1-2H3. The lowest BCUT2D eigenvalue weighted by Gasteiger charge is -2.20. The van der Waals surface area contributed by atoms with Crippen LogP contribution in [0, 0.1) is 22.0 Å². The van der Waals surface area contributed by atoms with E-state index in [2.05, 4.69) is 19.2 Å². The van der Waals surface area contributed by atoms with Gasteiger partial charge in [-0.3, -0.25) is 14.9 Å². The SMILES string of the molecule is CC1CCC(Nc2ccc(C=O)cc2[N+](=O)[O-])C1C. The highest BCUT2D eigenvalue weighted by Crippen LogP contribution is 2.35. The second-order valence-corrected chi connectivity index (χ2v) is 5.32. The minimum Gasteiger partial charge on any atom is -0.376 e. The van der Waals surface area contributed by atoms with Crippen LogP contribution in [0.5, 0.6) is 0 Å². The van der Waals surface area contributed by atoms with Gasteiger partial charge in [-0.15, -0.1) is 0 Å². The molecule has 3 unspecified atom stereocenters. The first-order chi connectivity index (χ1) is 9.02. The molecule has 0 bridgehead atoms. The third kappa shape index (κ3) is 2.75. The first-order valence-electron chi connectivity index (χ1n) is 6.53. The number of nitro groups is 1. The summed E-state index contributed by atoms with van der Waals surface area (Å²) >= 11 is 0. The van der Waals surface area contributed by atoms with Gasteiger partial charge in [0.05, 0.1) is 4.92 Å². The zero-order chi connectivity index (χ0) is 14.0. The number of anilines is 1. The van der Waals surface area contributed by atoms with E-state index in [1.54, 1.807) is 12.1 Å². The first-order valence-corrected chi connectivity index (χ1v) is 6.53. The highest BCUT2D eigenvalue weighted by Gasteiger charge is 2.30. The Bertz CT molecular complexity index is 501. The average molecular weight is 262 g/mol. The van der Waals surface area contributed by atoms with Gasteiger partial charge < -0.3 is 5.32 Å². The van der Waals surface area contributed by atoms with Crippen molar-refractivity contribution in [2.75, 3.05) is 5.32 Å². The van der Waals surface area contributed by atoms with Gasteiger partial charge in [-0.2, -0.15) is 0 Å². The Labute approximate surface area is 112 Å². The summed E-state index contributed by atoms with van der Waals surface area (Å²) in [5, 5.41) is 14.3. The van der Waals surface area contributed by atoms with Crippen LogP contribution in [0.1, 0.15) is 37.0 Å². The summed E-state index contributed by atoms with van der Waals surface area (Å²) in [6.07, 6.45) is 2.78. The van der Waals surface area contributed by atoms with Gasteiger partial charge in [0.25, 0.3) is 5.69 Å². The second kappa shape index (κ2) is 5.38. The summed E-state index contributed by atoms with van der Waals surface area (Å²) in [5.41, 5.74) is 0.794. The van der Waals surface area contributed by atoms with Gasteiger partial charge in [0, 0.05) is 17.7 Å². The molecule has 1 aliphatic carbocycles. The van der Waals surface area contributed by atoms with Crippen LogP contribution >= 0.6 is 0 Å². The van der Waals surface area contributed by atoms with Crippen LogP contribution in [0.4, 0.5) is 11.4 Å². The monoisotopic (exact) mass is 262 g/mol. The van der Waals surface area contributed by atoms with Gasteiger partial charge in [0.2, 0.25) is 0 Å². The van der Waals surface area contributed by atoms with Crippen LogP contribution in [0.2, 0.25) is 0 Å². The first kappa shape index (κ1) is 13.5. The number of nitrogens with one attached hydrogen (secondary N) is 1. The largest absolute Gasteiger partial charge is 0.376 e. The van der Waals surface area contributed by atoms with E-state index in [9.17, 15) is 14.9 Å². The molecule has 1 fully saturated rings. The van der Waals surface area contributed by atoms with Crippen molar-refractivity contribution in [2.45, 2.75) is 32.7 Å². The maximum Gasteiger partial charge on any atom is 0.293 e. The average Bonchev–Trinajstić information content (AvgIpc) is 2.71. The van der Waals surface area contributed by atoms with E-state index < -0.39 is 4.92 Å². The Kier molecular flexibility index (Phi) is 3.83. The van der Waals surface area contributed by atoms with Crippen LogP contribution < -0.4 is 5.32 Å². The number of hydrogen-bond acceptors (Lipinski definition) is 4. The molecule has 0 aromatic heterocycles. The number of nitro benzene ring substituents is 1. The predicted molar refractivity (Wildman–Crippen MR) is 73.5 cm³/mol. The number of aldehydes is 1. The van der Waals surface area contributed by atoms with Gasteiger partial charge in [0.15, 0.2) is 0 Å². The Morgan fingerprint density at radius 2 is 2.11 bits per heavy atom. The minimum absolute atomic E-state index is 0.0312. The van der Waals surface area contributed by atoms with Crippen LogP contribution in [-0.4, -0.2) is 17.3 Å². The molecule has 0 heterocycles. The van der Waals surface area contributed by atoms with Crippen molar-refractivity contribution in [3.05, 3.63) is 33.9 Å². The number of nitrogens with zero attached hydrogens (tertiary/aromatic N) is 1. The zero-order valence-electron chi connectivity index (χ0n) is 11.1. The molecule has 5 heteroatoms. The molecule has 0 spiro atoms. The van der Waals surface area contributed by atoms with Gasteiger partial charge in [-0.05, 0) is 36.8 Å². The number of carbonyl (C=O) groups excluding carboxylic acids is 1. The van der Waals surface area contributed by atoms with E-state index >= 15 is 0 Å². The summed E-state index contributed by atoms with van der Waals surface area (Å²) in [6, 6.07) is 4.80. The topological polar surface area (TPSA) is 72.2 Å². The molecule has 1 aromatic rings. The maximum absolute atomic E-state index is 11.1. The summed E-state index contributed by atoms with van der Waals surface area (Å²) < 4.78 is 0. The second-order valence-electron chi connectivity index (χ2n) is 5.32. The normalized spacial score (nSPS) is 26.1. The third-order valence-corrected chi connectivity index (χ3v) is 4.16. The predicted octanol–water partition coefficient (Wildman–Crippen LogP) is 3.25. The van der Waals surface area contributed by atoms with Crippen molar-refractivity contribution in [1.29, 1.82) is 0 Å². The summed E-state index contributed by atoms with van der Waals surface area (Å²) in [5.74, 6) is 1.12. The highest BCUT2D eigenvalue weighted by molar-refractivity contribution is 5.79. The molecule has 1 aromatic carbocycles. The van der Waals surface area contributed by atoms with Crippen molar-refractivity contribution in [3.63, 3.8) is 0 Å². The van der Waals surface area contributed by atoms with E-state index in [0.29, 0.717) is 29.4 Å². The fourth-order valence-corrected chi connectivity index (χ4v) is 2.66. The van der Waals surface area contributed by atoms with Crippen LogP contribution in [0.25, 0.3) is 0 Å². The lowest BCUT2D eigenvalue weighted by atomic mass is 9.97. The van der Waals surface area contributed by atoms with Crippen LogP contribution in [0.15, 0.2) is 18.2 Å². The molecule has 2 rings (SSSR count). The van der Waals surface area contributed by atoms with E-state index in [4.69, 9.17) is 0 Å². The molecule has 0 amide bonds. The van der Waals surface area contributed by atoms with Crippen molar-refractivity contribution >= 4 is 17.7 Å². The molecule has 19 heavy (non-hydrogen) atoms. The van der Waals surface area contributed by atoms with E-state index in [-0.39, 0.29) is 11.7 Å². The number of hydrogen-bond donors (Lipinski definition) is 1. The van der Waals surface area contributed by atoms with E-state index in [1.165, 1.54) is 6.07 Å². The van der Waals surface area contributed by atoms with Gasteiger partial charge in [-0.1, -0.05) is 13.8 Å². The number of rotatable bonds is 4. The minimum atomic E-state index is -0.446. The van der Waals surface area contributed by atoms with Gasteiger partial charge in [-0.25, -0.2) is 0 Å². The molecule has 3 atom stereocenters. The molecule has 5 nitrogen and oxygen atoms in total. The Morgan fingerprint density at radius 1 is 1.37 bits per heavy atom. The molecule has 102 valence electrons.